The molecule has 7 nitrogen and oxygen atoms in total. The number of aliphatic imine (C=N–C) groups is 1. The normalized spacial score (nSPS) is 11.5. The molecule has 0 unspecified atom stereocenters. The van der Waals surface area contributed by atoms with E-state index in [1.54, 1.807) is 6.20 Å². The van der Waals surface area contributed by atoms with Crippen LogP contribution in [0, 0.1) is 0 Å². The van der Waals surface area contributed by atoms with Crippen LogP contribution in [0.4, 0.5) is 0 Å². The SMILES string of the molecule is CCNC(=NCc1cnn(Cc2ccccc2)c1)NCc1ccccc1Cn1cccn1. The minimum Gasteiger partial charge on any atom is -0.357 e. The van der Waals surface area contributed by atoms with Gasteiger partial charge in [0.15, 0.2) is 5.96 Å². The molecule has 0 atom stereocenters. The van der Waals surface area contributed by atoms with Crippen molar-refractivity contribution in [2.45, 2.75) is 33.1 Å². The minimum absolute atomic E-state index is 0.569. The lowest BCUT2D eigenvalue weighted by molar-refractivity contribution is 0.677. The lowest BCUT2D eigenvalue weighted by Gasteiger charge is -2.14. The average molecular weight is 428 g/mol. The van der Waals surface area contributed by atoms with Crippen LogP contribution in [0.5, 0.6) is 0 Å². The van der Waals surface area contributed by atoms with Crippen LogP contribution in [0.1, 0.15) is 29.2 Å². The Bertz CT molecular complexity index is 1110. The second kappa shape index (κ2) is 10.9. The van der Waals surface area contributed by atoms with E-state index in [-0.39, 0.29) is 0 Å². The van der Waals surface area contributed by atoms with Gasteiger partial charge in [0.05, 0.1) is 25.8 Å². The summed E-state index contributed by atoms with van der Waals surface area (Å²) in [5.74, 6) is 0.789. The Kier molecular flexibility index (Phi) is 7.31. The number of hydrogen-bond donors (Lipinski definition) is 2. The highest BCUT2D eigenvalue weighted by molar-refractivity contribution is 5.79. The fourth-order valence-electron chi connectivity index (χ4n) is 3.49. The van der Waals surface area contributed by atoms with Gasteiger partial charge < -0.3 is 10.6 Å². The third-order valence-electron chi connectivity index (χ3n) is 5.09. The van der Waals surface area contributed by atoms with E-state index in [1.165, 1.54) is 16.7 Å². The number of guanidine groups is 1. The van der Waals surface area contributed by atoms with Gasteiger partial charge in [-0.25, -0.2) is 4.99 Å². The summed E-state index contributed by atoms with van der Waals surface area (Å²) in [6, 6.07) is 20.7. The van der Waals surface area contributed by atoms with Gasteiger partial charge in [0.25, 0.3) is 0 Å². The van der Waals surface area contributed by atoms with E-state index >= 15 is 0 Å². The third kappa shape index (κ3) is 6.07. The van der Waals surface area contributed by atoms with Crippen LogP contribution < -0.4 is 10.6 Å². The Morgan fingerprint density at radius 3 is 2.44 bits per heavy atom. The van der Waals surface area contributed by atoms with Crippen LogP contribution >= 0.6 is 0 Å². The number of aromatic nitrogens is 4. The molecule has 0 aliphatic carbocycles. The van der Waals surface area contributed by atoms with Crippen LogP contribution in [0.3, 0.4) is 0 Å². The van der Waals surface area contributed by atoms with Crippen molar-refractivity contribution in [1.29, 1.82) is 0 Å². The summed E-state index contributed by atoms with van der Waals surface area (Å²) in [5, 5.41) is 15.6. The standard InChI is InChI=1S/C25H29N7/c1-2-26-25(27-15-22-16-30-32(19-22)18-21-9-4-3-5-10-21)28-17-23-11-6-7-12-24(23)20-31-14-8-13-29-31/h3-14,16,19H,2,15,17-18,20H2,1H3,(H2,26,27,28). The van der Waals surface area contributed by atoms with Crippen molar-refractivity contribution in [3.05, 3.63) is 108 Å². The highest BCUT2D eigenvalue weighted by atomic mass is 15.3. The monoisotopic (exact) mass is 427 g/mol. The highest BCUT2D eigenvalue weighted by Crippen LogP contribution is 2.10. The van der Waals surface area contributed by atoms with Crippen molar-refractivity contribution in [2.24, 2.45) is 4.99 Å². The summed E-state index contributed by atoms with van der Waals surface area (Å²) in [6.07, 6.45) is 7.72. The number of benzene rings is 2. The quantitative estimate of drug-likeness (QED) is 0.317. The first kappa shape index (κ1) is 21.4. The zero-order valence-corrected chi connectivity index (χ0v) is 18.4. The van der Waals surface area contributed by atoms with Gasteiger partial charge in [-0.1, -0.05) is 54.6 Å². The number of nitrogens with zero attached hydrogens (tertiary/aromatic N) is 5. The maximum absolute atomic E-state index is 4.75. The predicted molar refractivity (Wildman–Crippen MR) is 127 cm³/mol. The molecule has 4 rings (SSSR count). The van der Waals surface area contributed by atoms with E-state index in [0.717, 1.165) is 31.2 Å². The minimum atomic E-state index is 0.569. The van der Waals surface area contributed by atoms with E-state index in [1.807, 2.05) is 46.0 Å². The Morgan fingerprint density at radius 1 is 0.844 bits per heavy atom. The van der Waals surface area contributed by atoms with Crippen LogP contribution in [-0.4, -0.2) is 32.1 Å². The van der Waals surface area contributed by atoms with Crippen LogP contribution in [0.2, 0.25) is 0 Å². The van der Waals surface area contributed by atoms with Gasteiger partial charge >= 0.3 is 0 Å². The molecule has 2 heterocycles. The Labute approximate surface area is 188 Å². The molecule has 0 radical (unpaired) electrons. The molecular weight excluding hydrogens is 398 g/mol. The molecule has 2 N–H and O–H groups in total. The van der Waals surface area contributed by atoms with Crippen molar-refractivity contribution in [3.8, 4) is 0 Å². The third-order valence-corrected chi connectivity index (χ3v) is 5.09. The van der Waals surface area contributed by atoms with Crippen molar-refractivity contribution in [2.75, 3.05) is 6.54 Å². The molecule has 0 aliphatic rings. The first-order valence-corrected chi connectivity index (χ1v) is 10.9. The van der Waals surface area contributed by atoms with Crippen molar-refractivity contribution >= 4 is 5.96 Å². The lowest BCUT2D eigenvalue weighted by atomic mass is 10.1. The van der Waals surface area contributed by atoms with Crippen molar-refractivity contribution in [1.82, 2.24) is 30.2 Å². The Hall–Kier alpha value is -3.87. The van der Waals surface area contributed by atoms with Gasteiger partial charge in [0.2, 0.25) is 0 Å². The van der Waals surface area contributed by atoms with Gasteiger partial charge in [-0.3, -0.25) is 9.36 Å². The second-order valence-electron chi connectivity index (χ2n) is 7.55. The zero-order chi connectivity index (χ0) is 22.0. The second-order valence-corrected chi connectivity index (χ2v) is 7.55. The summed E-state index contributed by atoms with van der Waals surface area (Å²) >= 11 is 0. The molecule has 7 heteroatoms. The average Bonchev–Trinajstić information content (AvgIpc) is 3.49. The summed E-state index contributed by atoms with van der Waals surface area (Å²) in [4.78, 5) is 4.75. The maximum atomic E-state index is 4.75. The summed E-state index contributed by atoms with van der Waals surface area (Å²) < 4.78 is 3.89. The van der Waals surface area contributed by atoms with Crippen LogP contribution in [-0.2, 0) is 26.2 Å². The molecule has 2 aromatic carbocycles. The van der Waals surface area contributed by atoms with E-state index in [4.69, 9.17) is 4.99 Å². The Morgan fingerprint density at radius 2 is 1.66 bits per heavy atom. The van der Waals surface area contributed by atoms with Gasteiger partial charge in [-0.2, -0.15) is 10.2 Å². The van der Waals surface area contributed by atoms with Gasteiger partial charge in [-0.05, 0) is 29.7 Å². The van der Waals surface area contributed by atoms with Crippen molar-refractivity contribution in [3.63, 3.8) is 0 Å². The molecule has 0 spiro atoms. The first-order chi connectivity index (χ1) is 15.8. The van der Waals surface area contributed by atoms with E-state index in [2.05, 4.69) is 70.3 Å². The van der Waals surface area contributed by atoms with E-state index in [9.17, 15) is 0 Å². The van der Waals surface area contributed by atoms with Gasteiger partial charge in [0, 0.05) is 37.2 Å². The molecule has 0 saturated carbocycles. The van der Waals surface area contributed by atoms with E-state index in [0.29, 0.717) is 13.1 Å². The summed E-state index contributed by atoms with van der Waals surface area (Å²) in [6.45, 7) is 5.64. The van der Waals surface area contributed by atoms with Crippen LogP contribution in [0.15, 0.2) is 90.4 Å². The van der Waals surface area contributed by atoms with Gasteiger partial charge in [0.1, 0.15) is 0 Å². The molecule has 32 heavy (non-hydrogen) atoms. The highest BCUT2D eigenvalue weighted by Gasteiger charge is 2.05. The molecule has 0 saturated heterocycles. The number of nitrogens with one attached hydrogen (secondary N) is 2. The molecule has 4 aromatic rings. The lowest BCUT2D eigenvalue weighted by Crippen LogP contribution is -2.37. The summed E-state index contributed by atoms with van der Waals surface area (Å²) in [5.41, 5.74) is 4.78. The smallest absolute Gasteiger partial charge is 0.191 e. The Balaban J connectivity index is 1.37. The predicted octanol–water partition coefficient (Wildman–Crippen LogP) is 3.43. The molecule has 0 aliphatic heterocycles. The molecule has 0 bridgehead atoms. The fourth-order valence-corrected chi connectivity index (χ4v) is 3.49. The number of rotatable bonds is 9. The molecule has 164 valence electrons. The molecule has 2 aromatic heterocycles. The largest absolute Gasteiger partial charge is 0.357 e. The van der Waals surface area contributed by atoms with E-state index < -0.39 is 0 Å². The molecule has 0 amide bonds. The molecule has 0 fully saturated rings. The van der Waals surface area contributed by atoms with Crippen molar-refractivity contribution < 1.29 is 0 Å². The topological polar surface area (TPSA) is 72.1 Å². The van der Waals surface area contributed by atoms with Gasteiger partial charge in [-0.15, -0.1) is 0 Å². The zero-order valence-electron chi connectivity index (χ0n) is 18.4. The fraction of sp³-hybridized carbons (Fsp3) is 0.240. The van der Waals surface area contributed by atoms with Crippen LogP contribution in [0.25, 0.3) is 0 Å². The number of hydrogen-bond acceptors (Lipinski definition) is 3. The summed E-state index contributed by atoms with van der Waals surface area (Å²) in [7, 11) is 0. The maximum Gasteiger partial charge on any atom is 0.191 e. The first-order valence-electron chi connectivity index (χ1n) is 10.9. The molecular formula is C25H29N7.